The normalized spacial score (nSPS) is 16.7. The van der Waals surface area contributed by atoms with Crippen LogP contribution < -0.4 is 10.6 Å². The number of nitrogens with zero attached hydrogens (tertiary/aromatic N) is 4. The van der Waals surface area contributed by atoms with Crippen molar-refractivity contribution < 1.29 is 4.79 Å². The van der Waals surface area contributed by atoms with Crippen molar-refractivity contribution in [3.8, 4) is 0 Å². The number of amides is 2. The highest BCUT2D eigenvalue weighted by atomic mass is 16.2. The van der Waals surface area contributed by atoms with E-state index in [2.05, 4.69) is 31.7 Å². The Bertz CT molecular complexity index is 696. The Morgan fingerprint density at radius 2 is 2.33 bits per heavy atom. The van der Waals surface area contributed by atoms with Crippen molar-refractivity contribution in [1.29, 1.82) is 0 Å². The largest absolute Gasteiger partial charge is 0.329 e. The molecule has 0 saturated heterocycles. The van der Waals surface area contributed by atoms with E-state index in [-0.39, 0.29) is 12.1 Å². The topological polar surface area (TPSA) is 75.1 Å². The lowest BCUT2D eigenvalue weighted by Gasteiger charge is -2.25. The summed E-state index contributed by atoms with van der Waals surface area (Å²) in [5.41, 5.74) is 2.91. The Balaban J connectivity index is 1.57. The zero-order valence-corrected chi connectivity index (χ0v) is 14.2. The number of anilines is 1. The predicted octanol–water partition coefficient (Wildman–Crippen LogP) is 2.04. The van der Waals surface area contributed by atoms with Gasteiger partial charge in [-0.25, -0.2) is 4.79 Å². The molecule has 0 spiro atoms. The first-order valence-electron chi connectivity index (χ1n) is 8.30. The van der Waals surface area contributed by atoms with Crippen molar-refractivity contribution in [2.45, 2.75) is 31.8 Å². The van der Waals surface area contributed by atoms with Crippen LogP contribution in [0.15, 0.2) is 30.7 Å². The molecule has 128 valence electrons. The van der Waals surface area contributed by atoms with E-state index in [1.165, 1.54) is 5.56 Å². The quantitative estimate of drug-likeness (QED) is 0.881. The summed E-state index contributed by atoms with van der Waals surface area (Å²) in [6.45, 7) is 1.69. The molecular weight excluding hydrogens is 304 g/mol. The average molecular weight is 328 g/mol. The van der Waals surface area contributed by atoms with Gasteiger partial charge < -0.3 is 15.5 Å². The maximum absolute atomic E-state index is 12.3. The Hall–Kier alpha value is -2.41. The molecule has 1 aliphatic carbocycles. The van der Waals surface area contributed by atoms with Gasteiger partial charge in [0.1, 0.15) is 0 Å². The number of hydrogen-bond acceptors (Lipinski definition) is 4. The first kappa shape index (κ1) is 16.4. The number of pyridine rings is 1. The lowest BCUT2D eigenvalue weighted by molar-refractivity contribution is 0.246. The number of carbonyl (C=O) groups excluding carboxylic acids is 1. The molecule has 1 aliphatic rings. The second-order valence-corrected chi connectivity index (χ2v) is 6.39. The van der Waals surface area contributed by atoms with Gasteiger partial charge in [0.05, 0.1) is 30.2 Å². The van der Waals surface area contributed by atoms with Gasteiger partial charge in [0.25, 0.3) is 0 Å². The summed E-state index contributed by atoms with van der Waals surface area (Å²) in [5, 5.41) is 10.1. The Kier molecular flexibility index (Phi) is 5.10. The van der Waals surface area contributed by atoms with Crippen molar-refractivity contribution in [3.05, 3.63) is 42.0 Å². The molecule has 0 unspecified atom stereocenters. The summed E-state index contributed by atoms with van der Waals surface area (Å²) in [6.07, 6.45) is 8.30. The van der Waals surface area contributed by atoms with Gasteiger partial charge in [-0.1, -0.05) is 6.07 Å². The van der Waals surface area contributed by atoms with E-state index >= 15 is 0 Å². The van der Waals surface area contributed by atoms with Gasteiger partial charge in [-0.05, 0) is 45.0 Å². The van der Waals surface area contributed by atoms with Crippen molar-refractivity contribution >= 4 is 11.7 Å². The van der Waals surface area contributed by atoms with Crippen molar-refractivity contribution in [2.75, 3.05) is 26.0 Å². The van der Waals surface area contributed by atoms with Gasteiger partial charge in [0, 0.05) is 18.9 Å². The number of aryl methyl sites for hydroxylation is 1. The van der Waals surface area contributed by atoms with Gasteiger partial charge in [-0.3, -0.25) is 9.67 Å². The lowest BCUT2D eigenvalue weighted by atomic mass is 9.92. The summed E-state index contributed by atoms with van der Waals surface area (Å²) in [7, 11) is 4.04. The van der Waals surface area contributed by atoms with E-state index in [0.717, 1.165) is 38.0 Å². The second kappa shape index (κ2) is 7.44. The van der Waals surface area contributed by atoms with E-state index in [4.69, 9.17) is 0 Å². The molecule has 2 amide bonds. The Morgan fingerprint density at radius 3 is 3.17 bits per heavy atom. The maximum Gasteiger partial charge on any atom is 0.319 e. The fourth-order valence-corrected chi connectivity index (χ4v) is 2.93. The fraction of sp³-hybridized carbons (Fsp3) is 0.471. The number of urea groups is 1. The van der Waals surface area contributed by atoms with Gasteiger partial charge in [-0.15, -0.1) is 0 Å². The molecule has 7 heteroatoms. The zero-order chi connectivity index (χ0) is 16.9. The molecule has 3 rings (SSSR count). The fourth-order valence-electron chi connectivity index (χ4n) is 2.93. The van der Waals surface area contributed by atoms with Crippen LogP contribution in [0.3, 0.4) is 0 Å². The third-order valence-corrected chi connectivity index (χ3v) is 4.17. The van der Waals surface area contributed by atoms with Crippen LogP contribution in [0.1, 0.15) is 30.1 Å². The van der Waals surface area contributed by atoms with Crippen LogP contribution in [0, 0.1) is 0 Å². The van der Waals surface area contributed by atoms with Gasteiger partial charge >= 0.3 is 6.03 Å². The number of nitrogens with one attached hydrogen (secondary N) is 2. The summed E-state index contributed by atoms with van der Waals surface area (Å²) >= 11 is 0. The standard InChI is InChI=1S/C17H24N6O/c1-22(2)9-10-23-12-14(11-19-23)20-17(24)21-15-7-3-5-13-6-4-8-18-16(13)15/h4,6,8,11-12,15H,3,5,7,9-10H2,1-2H3,(H2,20,21,24)/t15-/m1/s1. The average Bonchev–Trinajstić information content (AvgIpc) is 3.00. The molecule has 1 atom stereocenters. The summed E-state index contributed by atoms with van der Waals surface area (Å²) in [4.78, 5) is 18.8. The van der Waals surface area contributed by atoms with Crippen molar-refractivity contribution in [2.24, 2.45) is 0 Å². The van der Waals surface area contributed by atoms with E-state index in [0.29, 0.717) is 5.69 Å². The minimum atomic E-state index is -0.217. The Morgan fingerprint density at radius 1 is 1.46 bits per heavy atom. The van der Waals surface area contributed by atoms with Crippen LogP contribution in [-0.4, -0.2) is 46.3 Å². The monoisotopic (exact) mass is 328 g/mol. The van der Waals surface area contributed by atoms with E-state index in [1.54, 1.807) is 12.4 Å². The number of carbonyl (C=O) groups is 1. The molecule has 2 aromatic heterocycles. The highest BCUT2D eigenvalue weighted by molar-refractivity contribution is 5.89. The molecular formula is C17H24N6O. The molecule has 0 bridgehead atoms. The molecule has 2 aromatic rings. The molecule has 0 radical (unpaired) electrons. The minimum absolute atomic E-state index is 0.0289. The van der Waals surface area contributed by atoms with E-state index < -0.39 is 0 Å². The van der Waals surface area contributed by atoms with Crippen molar-refractivity contribution in [3.63, 3.8) is 0 Å². The highest BCUT2D eigenvalue weighted by Crippen LogP contribution is 2.27. The molecule has 0 aliphatic heterocycles. The lowest BCUT2D eigenvalue weighted by Crippen LogP contribution is -2.34. The molecule has 0 aromatic carbocycles. The smallest absolute Gasteiger partial charge is 0.319 e. The molecule has 7 nitrogen and oxygen atoms in total. The van der Waals surface area contributed by atoms with Crippen LogP contribution in [0.25, 0.3) is 0 Å². The van der Waals surface area contributed by atoms with E-state index in [1.807, 2.05) is 31.0 Å². The van der Waals surface area contributed by atoms with Crippen LogP contribution in [0.2, 0.25) is 0 Å². The first-order valence-corrected chi connectivity index (χ1v) is 8.30. The number of likely N-dealkylation sites (N-methyl/N-ethyl adjacent to an activating group) is 1. The van der Waals surface area contributed by atoms with Crippen LogP contribution in [-0.2, 0) is 13.0 Å². The number of rotatable bonds is 5. The number of aromatic nitrogens is 3. The molecule has 2 N–H and O–H groups in total. The second-order valence-electron chi connectivity index (χ2n) is 6.39. The van der Waals surface area contributed by atoms with Crippen molar-refractivity contribution in [1.82, 2.24) is 25.0 Å². The summed E-state index contributed by atoms with van der Waals surface area (Å²) < 4.78 is 1.83. The van der Waals surface area contributed by atoms with E-state index in [9.17, 15) is 4.79 Å². The molecule has 24 heavy (non-hydrogen) atoms. The number of hydrogen-bond donors (Lipinski definition) is 2. The summed E-state index contributed by atoms with van der Waals surface area (Å²) in [6, 6.07) is 3.79. The summed E-state index contributed by atoms with van der Waals surface area (Å²) in [5.74, 6) is 0. The SMILES string of the molecule is CN(C)CCn1cc(NC(=O)N[C@@H]2CCCc3cccnc32)cn1. The van der Waals surface area contributed by atoms with Crippen LogP contribution in [0.4, 0.5) is 10.5 Å². The third-order valence-electron chi connectivity index (χ3n) is 4.17. The molecule has 0 saturated carbocycles. The Labute approximate surface area is 142 Å². The van der Waals surface area contributed by atoms with Crippen LogP contribution in [0.5, 0.6) is 0 Å². The van der Waals surface area contributed by atoms with Gasteiger partial charge in [0.15, 0.2) is 0 Å². The van der Waals surface area contributed by atoms with Gasteiger partial charge in [0.2, 0.25) is 0 Å². The minimum Gasteiger partial charge on any atom is -0.329 e. The molecule has 2 heterocycles. The maximum atomic E-state index is 12.3. The number of fused-ring (bicyclic) bond motifs is 1. The predicted molar refractivity (Wildman–Crippen MR) is 92.9 cm³/mol. The third kappa shape index (κ3) is 4.11. The van der Waals surface area contributed by atoms with Gasteiger partial charge in [-0.2, -0.15) is 5.10 Å². The van der Waals surface area contributed by atoms with Crippen LogP contribution >= 0.6 is 0 Å². The highest BCUT2D eigenvalue weighted by Gasteiger charge is 2.22. The molecule has 0 fully saturated rings. The zero-order valence-electron chi connectivity index (χ0n) is 14.2. The first-order chi connectivity index (χ1) is 11.6.